The topological polar surface area (TPSA) is 62.2 Å². The smallest absolute Gasteiger partial charge is 0.226 e. The molecule has 3 heterocycles. The molecule has 0 unspecified atom stereocenters. The summed E-state index contributed by atoms with van der Waals surface area (Å²) in [7, 11) is 0. The molecule has 1 aliphatic heterocycles. The Kier molecular flexibility index (Phi) is 6.76. The van der Waals surface area contributed by atoms with Crippen molar-refractivity contribution in [1.29, 1.82) is 0 Å². The predicted molar refractivity (Wildman–Crippen MR) is 148 cm³/mol. The van der Waals surface area contributed by atoms with Crippen molar-refractivity contribution >= 4 is 34.6 Å². The number of pyridine rings is 1. The number of nitrogens with zero attached hydrogens (tertiary/aromatic N) is 3. The zero-order chi connectivity index (χ0) is 26.1. The molecule has 37 heavy (non-hydrogen) atoms. The van der Waals surface area contributed by atoms with Crippen molar-refractivity contribution in [2.75, 3.05) is 10.2 Å². The summed E-state index contributed by atoms with van der Waals surface area (Å²) in [5.74, 6) is -0.450. The highest BCUT2D eigenvalue weighted by Gasteiger charge is 2.42. The van der Waals surface area contributed by atoms with E-state index in [0.717, 1.165) is 34.0 Å². The number of amides is 1. The molecule has 2 atom stereocenters. The minimum atomic E-state index is -0.301. The SMILES string of the molecule is Cc1cc(N2C(=S)N[C@@H](c3ccccn3)[C@H]2c2cccn2-c2cccc(F)c2)ccc1NC(=O)C(C)C. The summed E-state index contributed by atoms with van der Waals surface area (Å²) < 4.78 is 16.1. The lowest BCUT2D eigenvalue weighted by molar-refractivity contribution is -0.118. The number of aryl methyl sites for hydroxylation is 1. The number of rotatable bonds is 6. The fourth-order valence-electron chi connectivity index (χ4n) is 4.64. The van der Waals surface area contributed by atoms with Crippen molar-refractivity contribution in [3.8, 4) is 5.69 Å². The maximum atomic E-state index is 14.1. The van der Waals surface area contributed by atoms with Crippen LogP contribution >= 0.6 is 12.2 Å². The lowest BCUT2D eigenvalue weighted by Gasteiger charge is -2.29. The molecule has 1 saturated heterocycles. The Bertz CT molecular complexity index is 1450. The molecule has 0 spiro atoms. The third-order valence-corrected chi connectivity index (χ3v) is 6.85. The molecule has 1 fully saturated rings. The van der Waals surface area contributed by atoms with Crippen molar-refractivity contribution < 1.29 is 9.18 Å². The largest absolute Gasteiger partial charge is 0.351 e. The van der Waals surface area contributed by atoms with Crippen molar-refractivity contribution in [2.24, 2.45) is 5.92 Å². The molecule has 0 saturated carbocycles. The first-order chi connectivity index (χ1) is 17.8. The number of nitrogens with one attached hydrogen (secondary N) is 2. The monoisotopic (exact) mass is 513 g/mol. The lowest BCUT2D eigenvalue weighted by Crippen LogP contribution is -2.30. The van der Waals surface area contributed by atoms with Gasteiger partial charge in [0.15, 0.2) is 5.11 Å². The molecule has 188 valence electrons. The van der Waals surface area contributed by atoms with Crippen LogP contribution in [0.25, 0.3) is 5.69 Å². The van der Waals surface area contributed by atoms with E-state index in [1.165, 1.54) is 12.1 Å². The molecule has 6 nitrogen and oxygen atoms in total. The molecule has 5 rings (SSSR count). The first-order valence-electron chi connectivity index (χ1n) is 12.2. The highest BCUT2D eigenvalue weighted by atomic mass is 32.1. The molecule has 8 heteroatoms. The van der Waals surface area contributed by atoms with Crippen LogP contribution in [-0.2, 0) is 4.79 Å². The van der Waals surface area contributed by atoms with E-state index in [1.807, 2.05) is 86.1 Å². The zero-order valence-corrected chi connectivity index (χ0v) is 21.7. The van der Waals surface area contributed by atoms with E-state index in [4.69, 9.17) is 12.2 Å². The van der Waals surface area contributed by atoms with Crippen LogP contribution < -0.4 is 15.5 Å². The molecule has 0 aliphatic carbocycles. The van der Waals surface area contributed by atoms with Crippen LogP contribution in [0.3, 0.4) is 0 Å². The van der Waals surface area contributed by atoms with Gasteiger partial charge in [-0.05, 0) is 85.4 Å². The van der Waals surface area contributed by atoms with Crippen LogP contribution in [0.15, 0.2) is 85.2 Å². The highest BCUT2D eigenvalue weighted by molar-refractivity contribution is 7.80. The molecule has 2 aromatic carbocycles. The van der Waals surface area contributed by atoms with Crippen LogP contribution in [0.2, 0.25) is 0 Å². The Balaban J connectivity index is 1.60. The van der Waals surface area contributed by atoms with Crippen LogP contribution in [-0.4, -0.2) is 20.6 Å². The summed E-state index contributed by atoms with van der Waals surface area (Å²) in [6, 6.07) is 21.7. The van der Waals surface area contributed by atoms with Gasteiger partial charge in [-0.25, -0.2) is 4.39 Å². The fourth-order valence-corrected chi connectivity index (χ4v) is 4.99. The molecule has 1 amide bonds. The molecule has 0 radical (unpaired) electrons. The summed E-state index contributed by atoms with van der Waals surface area (Å²) >= 11 is 5.86. The standard InChI is InChI=1S/C29H28FN5OS/c1-18(2)28(36)32-23-13-12-22(16-19(23)3)35-27(26(33-29(35)37)24-10-4-5-14-31-24)25-11-7-15-34(25)21-9-6-8-20(30)17-21/h4-18,26-27H,1-3H3,(H,32,36)(H,33,37)/t26-,27+/m0/s1. The second-order valence-electron chi connectivity index (χ2n) is 9.42. The van der Waals surface area contributed by atoms with Gasteiger partial charge < -0.3 is 20.1 Å². The number of halogens is 1. The fraction of sp³-hybridized carbons (Fsp3) is 0.207. The molecule has 2 N–H and O–H groups in total. The summed E-state index contributed by atoms with van der Waals surface area (Å²) in [5, 5.41) is 7.02. The van der Waals surface area contributed by atoms with Gasteiger partial charge in [-0.3, -0.25) is 9.78 Å². The second kappa shape index (κ2) is 10.1. The normalized spacial score (nSPS) is 17.2. The number of carbonyl (C=O) groups excluding carboxylic acids is 1. The van der Waals surface area contributed by atoms with Gasteiger partial charge in [-0.15, -0.1) is 0 Å². The minimum Gasteiger partial charge on any atom is -0.351 e. The van der Waals surface area contributed by atoms with E-state index in [9.17, 15) is 9.18 Å². The Morgan fingerprint density at radius 1 is 1.05 bits per heavy atom. The quantitative estimate of drug-likeness (QED) is 0.306. The van der Waals surface area contributed by atoms with Gasteiger partial charge >= 0.3 is 0 Å². The van der Waals surface area contributed by atoms with E-state index in [1.54, 1.807) is 12.3 Å². The molecule has 2 aromatic heterocycles. The summed E-state index contributed by atoms with van der Waals surface area (Å²) in [4.78, 5) is 19.0. The number of aromatic nitrogens is 2. The van der Waals surface area contributed by atoms with E-state index < -0.39 is 0 Å². The molecular weight excluding hydrogens is 485 g/mol. The average Bonchev–Trinajstić information content (AvgIpc) is 3.50. The van der Waals surface area contributed by atoms with Crippen LogP contribution in [0.4, 0.5) is 15.8 Å². The van der Waals surface area contributed by atoms with E-state index >= 15 is 0 Å². The maximum Gasteiger partial charge on any atom is 0.226 e. The van der Waals surface area contributed by atoms with Crippen molar-refractivity contribution in [3.63, 3.8) is 0 Å². The highest BCUT2D eigenvalue weighted by Crippen LogP contribution is 2.43. The molecule has 1 aliphatic rings. The van der Waals surface area contributed by atoms with Gasteiger partial charge in [0, 0.05) is 41.1 Å². The van der Waals surface area contributed by atoms with Crippen molar-refractivity contribution in [1.82, 2.24) is 14.9 Å². The van der Waals surface area contributed by atoms with Gasteiger partial charge in [-0.2, -0.15) is 0 Å². The van der Waals surface area contributed by atoms with Crippen LogP contribution in [0, 0.1) is 18.7 Å². The Labute approximate surface area is 221 Å². The summed E-state index contributed by atoms with van der Waals surface area (Å²) in [6.07, 6.45) is 3.69. The number of benzene rings is 2. The lowest BCUT2D eigenvalue weighted by atomic mass is 10.00. The Morgan fingerprint density at radius 2 is 1.89 bits per heavy atom. The number of hydrogen-bond donors (Lipinski definition) is 2. The molecule has 4 aromatic rings. The van der Waals surface area contributed by atoms with Gasteiger partial charge in [0.25, 0.3) is 0 Å². The predicted octanol–water partition coefficient (Wildman–Crippen LogP) is 6.09. The van der Waals surface area contributed by atoms with Gasteiger partial charge in [0.05, 0.1) is 11.7 Å². The second-order valence-corrected chi connectivity index (χ2v) is 9.81. The Hall–Kier alpha value is -4.04. The third-order valence-electron chi connectivity index (χ3n) is 6.54. The van der Waals surface area contributed by atoms with E-state index in [2.05, 4.69) is 20.5 Å². The van der Waals surface area contributed by atoms with Gasteiger partial charge in [0.2, 0.25) is 5.91 Å². The van der Waals surface area contributed by atoms with Gasteiger partial charge in [0.1, 0.15) is 11.9 Å². The van der Waals surface area contributed by atoms with Crippen molar-refractivity contribution in [2.45, 2.75) is 32.9 Å². The van der Waals surface area contributed by atoms with Crippen LogP contribution in [0.1, 0.15) is 42.9 Å². The Morgan fingerprint density at radius 3 is 2.59 bits per heavy atom. The van der Waals surface area contributed by atoms with E-state index in [-0.39, 0.29) is 29.7 Å². The maximum absolute atomic E-state index is 14.1. The molecular formula is C29H28FN5OS. The summed E-state index contributed by atoms with van der Waals surface area (Å²) in [5.41, 5.74) is 5.08. The van der Waals surface area contributed by atoms with Crippen LogP contribution in [0.5, 0.6) is 0 Å². The zero-order valence-electron chi connectivity index (χ0n) is 20.9. The number of thiocarbonyl (C=S) groups is 1. The average molecular weight is 514 g/mol. The molecule has 0 bridgehead atoms. The van der Waals surface area contributed by atoms with Gasteiger partial charge in [-0.1, -0.05) is 26.0 Å². The first-order valence-corrected chi connectivity index (χ1v) is 12.6. The van der Waals surface area contributed by atoms with E-state index in [0.29, 0.717) is 5.11 Å². The third kappa shape index (κ3) is 4.84. The minimum absolute atomic E-state index is 0.0322. The summed E-state index contributed by atoms with van der Waals surface area (Å²) in [6.45, 7) is 5.69. The first kappa shape index (κ1) is 24.6. The number of hydrogen-bond acceptors (Lipinski definition) is 3. The number of carbonyl (C=O) groups is 1. The number of anilines is 2. The van der Waals surface area contributed by atoms with Crippen molar-refractivity contribution in [3.05, 3.63) is 108 Å².